The third-order valence-electron chi connectivity index (χ3n) is 3.70. The molecule has 2 rings (SSSR count). The Balaban J connectivity index is 1.92. The van der Waals surface area contributed by atoms with Crippen molar-refractivity contribution in [2.24, 2.45) is 11.7 Å². The molecule has 1 saturated heterocycles. The zero-order valence-corrected chi connectivity index (χ0v) is 12.7. The molecule has 0 saturated carbocycles. The van der Waals surface area contributed by atoms with E-state index in [2.05, 4.69) is 0 Å². The minimum atomic E-state index is -0.616. The molecule has 1 aliphatic heterocycles. The molecule has 0 aromatic heterocycles. The lowest BCUT2D eigenvalue weighted by Crippen LogP contribution is -2.46. The first-order valence-electron chi connectivity index (χ1n) is 6.98. The molecule has 0 radical (unpaired) electrons. The van der Waals surface area contributed by atoms with Crippen molar-refractivity contribution < 1.29 is 14.3 Å². The number of ether oxygens (including phenoxy) is 1. The number of halogens is 1. The second-order valence-electron chi connectivity index (χ2n) is 5.19. The number of rotatable bonds is 4. The number of benzene rings is 1. The average Bonchev–Trinajstić information content (AvgIpc) is 2.49. The quantitative estimate of drug-likeness (QED) is 0.922. The summed E-state index contributed by atoms with van der Waals surface area (Å²) in [6.45, 7) is 2.76. The van der Waals surface area contributed by atoms with Gasteiger partial charge in [0.15, 0.2) is 6.10 Å². The zero-order chi connectivity index (χ0) is 15.4. The van der Waals surface area contributed by atoms with Crippen molar-refractivity contribution in [2.45, 2.75) is 25.9 Å². The summed E-state index contributed by atoms with van der Waals surface area (Å²) >= 11 is 6.01. The van der Waals surface area contributed by atoms with Gasteiger partial charge in [-0.3, -0.25) is 9.59 Å². The van der Waals surface area contributed by atoms with Crippen LogP contribution in [0.15, 0.2) is 24.3 Å². The van der Waals surface area contributed by atoms with Gasteiger partial charge >= 0.3 is 0 Å². The molecule has 2 N–H and O–H groups in total. The highest BCUT2D eigenvalue weighted by Gasteiger charge is 2.29. The summed E-state index contributed by atoms with van der Waals surface area (Å²) in [6, 6.07) is 7.05. The van der Waals surface area contributed by atoms with Gasteiger partial charge in [-0.25, -0.2) is 0 Å². The van der Waals surface area contributed by atoms with Gasteiger partial charge in [-0.2, -0.15) is 0 Å². The topological polar surface area (TPSA) is 72.6 Å². The van der Waals surface area contributed by atoms with Crippen LogP contribution in [0.25, 0.3) is 0 Å². The predicted molar refractivity (Wildman–Crippen MR) is 80.0 cm³/mol. The van der Waals surface area contributed by atoms with Gasteiger partial charge in [-0.1, -0.05) is 23.7 Å². The largest absolute Gasteiger partial charge is 0.479 e. The lowest BCUT2D eigenvalue weighted by atomic mass is 9.96. The monoisotopic (exact) mass is 310 g/mol. The van der Waals surface area contributed by atoms with Crippen molar-refractivity contribution in [3.8, 4) is 5.75 Å². The molecule has 0 spiro atoms. The van der Waals surface area contributed by atoms with Crippen molar-refractivity contribution in [1.29, 1.82) is 0 Å². The fourth-order valence-electron chi connectivity index (χ4n) is 2.42. The number of amides is 2. The van der Waals surface area contributed by atoms with E-state index in [0.717, 1.165) is 0 Å². The van der Waals surface area contributed by atoms with Crippen LogP contribution in [0.3, 0.4) is 0 Å². The van der Waals surface area contributed by atoms with Gasteiger partial charge in [-0.15, -0.1) is 0 Å². The van der Waals surface area contributed by atoms with Crippen LogP contribution in [0.2, 0.25) is 5.02 Å². The van der Waals surface area contributed by atoms with E-state index in [4.69, 9.17) is 22.1 Å². The molecule has 1 fully saturated rings. The van der Waals surface area contributed by atoms with Gasteiger partial charge in [0.25, 0.3) is 5.91 Å². The van der Waals surface area contributed by atoms with Crippen LogP contribution in [-0.2, 0) is 9.59 Å². The van der Waals surface area contributed by atoms with Crippen molar-refractivity contribution in [1.82, 2.24) is 4.90 Å². The van der Waals surface area contributed by atoms with E-state index in [1.807, 2.05) is 0 Å². The smallest absolute Gasteiger partial charge is 0.263 e. The maximum atomic E-state index is 12.3. The summed E-state index contributed by atoms with van der Waals surface area (Å²) in [5, 5.41) is 0.476. The molecular formula is C15H19ClN2O3. The molecule has 2 amide bonds. The van der Waals surface area contributed by atoms with Crippen LogP contribution < -0.4 is 10.5 Å². The summed E-state index contributed by atoms with van der Waals surface area (Å²) in [5.74, 6) is -0.0267. The maximum Gasteiger partial charge on any atom is 0.263 e. The first-order chi connectivity index (χ1) is 9.99. The number of likely N-dealkylation sites (tertiary alicyclic amines) is 1. The summed E-state index contributed by atoms with van der Waals surface area (Å²) < 4.78 is 5.62. The molecule has 21 heavy (non-hydrogen) atoms. The molecule has 114 valence electrons. The maximum absolute atomic E-state index is 12.3. The van der Waals surface area contributed by atoms with E-state index < -0.39 is 6.10 Å². The lowest BCUT2D eigenvalue weighted by Gasteiger charge is -2.32. The average molecular weight is 311 g/mol. The van der Waals surface area contributed by atoms with Crippen LogP contribution >= 0.6 is 11.6 Å². The Morgan fingerprint density at radius 3 is 2.52 bits per heavy atom. The van der Waals surface area contributed by atoms with Gasteiger partial charge in [-0.05, 0) is 31.9 Å². The number of primary amides is 1. The Labute approximate surface area is 129 Å². The van der Waals surface area contributed by atoms with E-state index in [9.17, 15) is 9.59 Å². The molecule has 1 aromatic rings. The number of hydrogen-bond donors (Lipinski definition) is 1. The molecule has 0 aliphatic carbocycles. The third kappa shape index (κ3) is 3.88. The fraction of sp³-hybridized carbons (Fsp3) is 0.467. The van der Waals surface area contributed by atoms with E-state index in [-0.39, 0.29) is 17.7 Å². The summed E-state index contributed by atoms with van der Waals surface area (Å²) in [6.07, 6.45) is 0.606. The first kappa shape index (κ1) is 15.6. The molecule has 1 atom stereocenters. The SMILES string of the molecule is C[C@@H](Oc1ccccc1Cl)C(=O)N1CCC(C(N)=O)CC1. The van der Waals surface area contributed by atoms with Crippen molar-refractivity contribution in [3.05, 3.63) is 29.3 Å². The Morgan fingerprint density at radius 2 is 1.95 bits per heavy atom. The molecule has 1 heterocycles. The summed E-state index contributed by atoms with van der Waals surface area (Å²) in [5.41, 5.74) is 5.29. The van der Waals surface area contributed by atoms with E-state index in [1.54, 1.807) is 36.1 Å². The van der Waals surface area contributed by atoms with Gasteiger partial charge < -0.3 is 15.4 Å². The van der Waals surface area contributed by atoms with Crippen LogP contribution in [0.1, 0.15) is 19.8 Å². The van der Waals surface area contributed by atoms with Gasteiger partial charge in [0, 0.05) is 19.0 Å². The predicted octanol–water partition coefficient (Wildman–Crippen LogP) is 1.83. The Bertz CT molecular complexity index is 527. The highest BCUT2D eigenvalue weighted by Crippen LogP contribution is 2.25. The Hall–Kier alpha value is -1.75. The molecule has 0 bridgehead atoms. The number of piperidine rings is 1. The minimum absolute atomic E-state index is 0.0992. The van der Waals surface area contributed by atoms with Gasteiger partial charge in [0.2, 0.25) is 5.91 Å². The number of nitrogens with two attached hydrogens (primary N) is 1. The zero-order valence-electron chi connectivity index (χ0n) is 11.9. The van der Waals surface area contributed by atoms with Crippen LogP contribution in [0.4, 0.5) is 0 Å². The highest BCUT2D eigenvalue weighted by molar-refractivity contribution is 6.32. The van der Waals surface area contributed by atoms with Crippen LogP contribution in [0.5, 0.6) is 5.75 Å². The van der Waals surface area contributed by atoms with E-state index in [0.29, 0.717) is 36.7 Å². The van der Waals surface area contributed by atoms with Gasteiger partial charge in [0.1, 0.15) is 5.75 Å². The molecule has 0 unspecified atom stereocenters. The number of carbonyl (C=O) groups excluding carboxylic acids is 2. The summed E-state index contributed by atoms with van der Waals surface area (Å²) in [7, 11) is 0. The number of hydrogen-bond acceptors (Lipinski definition) is 3. The van der Waals surface area contributed by atoms with Crippen LogP contribution in [-0.4, -0.2) is 35.9 Å². The summed E-state index contributed by atoms with van der Waals surface area (Å²) in [4.78, 5) is 25.2. The van der Waals surface area contributed by atoms with Crippen LogP contribution in [0, 0.1) is 5.92 Å². The second kappa shape index (κ2) is 6.80. The van der Waals surface area contributed by atoms with Gasteiger partial charge in [0.05, 0.1) is 5.02 Å². The Kier molecular flexibility index (Phi) is 5.07. The van der Waals surface area contributed by atoms with E-state index in [1.165, 1.54) is 0 Å². The fourth-order valence-corrected chi connectivity index (χ4v) is 2.60. The van der Waals surface area contributed by atoms with Crippen molar-refractivity contribution in [2.75, 3.05) is 13.1 Å². The molecular weight excluding hydrogens is 292 g/mol. The minimum Gasteiger partial charge on any atom is -0.479 e. The van der Waals surface area contributed by atoms with E-state index >= 15 is 0 Å². The number of nitrogens with zero attached hydrogens (tertiary/aromatic N) is 1. The third-order valence-corrected chi connectivity index (χ3v) is 4.01. The van der Waals surface area contributed by atoms with Crippen molar-refractivity contribution >= 4 is 23.4 Å². The molecule has 6 heteroatoms. The highest BCUT2D eigenvalue weighted by atomic mass is 35.5. The Morgan fingerprint density at radius 1 is 1.33 bits per heavy atom. The number of para-hydroxylation sites is 1. The first-order valence-corrected chi connectivity index (χ1v) is 7.36. The molecule has 5 nitrogen and oxygen atoms in total. The lowest BCUT2D eigenvalue weighted by molar-refractivity contribution is -0.140. The number of carbonyl (C=O) groups is 2. The normalized spacial score (nSPS) is 17.3. The second-order valence-corrected chi connectivity index (χ2v) is 5.60. The molecule has 1 aliphatic rings. The molecule has 1 aromatic carbocycles. The standard InChI is InChI=1S/C15H19ClN2O3/c1-10(21-13-5-3-2-4-12(13)16)15(20)18-8-6-11(7-9-18)14(17)19/h2-5,10-11H,6-9H2,1H3,(H2,17,19)/t10-/m1/s1. The van der Waals surface area contributed by atoms with Crippen molar-refractivity contribution in [3.63, 3.8) is 0 Å².